The molecule has 1 heterocycles. The molecule has 0 radical (unpaired) electrons. The van der Waals surface area contributed by atoms with Gasteiger partial charge < -0.3 is 25.0 Å². The van der Waals surface area contributed by atoms with Gasteiger partial charge in [0.15, 0.2) is 0 Å². The van der Waals surface area contributed by atoms with Gasteiger partial charge in [-0.25, -0.2) is 9.59 Å². The molecule has 0 saturated carbocycles. The largest absolute Gasteiger partial charge is 0.494 e. The topological polar surface area (TPSA) is 107 Å². The Morgan fingerprint density at radius 3 is 2.37 bits per heavy atom. The van der Waals surface area contributed by atoms with Gasteiger partial charge in [-0.2, -0.15) is 0 Å². The van der Waals surface area contributed by atoms with Crippen LogP contribution in [0.25, 0.3) is 0 Å². The molecule has 0 aliphatic carbocycles. The van der Waals surface area contributed by atoms with Gasteiger partial charge >= 0.3 is 11.9 Å². The Morgan fingerprint density at radius 1 is 1.22 bits per heavy atom. The van der Waals surface area contributed by atoms with Crippen LogP contribution < -0.4 is 4.74 Å². The Morgan fingerprint density at radius 2 is 1.85 bits per heavy atom. The van der Waals surface area contributed by atoms with E-state index in [1.807, 2.05) is 31.2 Å². The third kappa shape index (κ3) is 9.40. The van der Waals surface area contributed by atoms with E-state index in [2.05, 4.69) is 11.8 Å². The number of likely N-dealkylation sites (tertiary alicyclic amines) is 1. The van der Waals surface area contributed by atoms with Crippen LogP contribution in [0.3, 0.4) is 0 Å². The summed E-state index contributed by atoms with van der Waals surface area (Å²) < 4.78 is 5.78. The second kappa shape index (κ2) is 12.3. The van der Waals surface area contributed by atoms with Gasteiger partial charge in [-0.1, -0.05) is 26.0 Å². The molecule has 1 aliphatic heterocycles. The van der Waals surface area contributed by atoms with E-state index in [0.29, 0.717) is 0 Å². The third-order valence-electron chi connectivity index (χ3n) is 4.46. The lowest BCUT2D eigenvalue weighted by Crippen LogP contribution is -2.35. The average Bonchev–Trinajstić information content (AvgIpc) is 2.65. The van der Waals surface area contributed by atoms with E-state index in [0.717, 1.165) is 43.2 Å². The number of benzene rings is 1. The van der Waals surface area contributed by atoms with Crippen molar-refractivity contribution in [1.29, 1.82) is 0 Å². The van der Waals surface area contributed by atoms with E-state index in [1.54, 1.807) is 0 Å². The van der Waals surface area contributed by atoms with Gasteiger partial charge in [-0.05, 0) is 55.8 Å². The average molecular weight is 381 g/mol. The summed E-state index contributed by atoms with van der Waals surface area (Å²) >= 11 is 0. The number of carbonyl (C=O) groups is 2. The van der Waals surface area contributed by atoms with Crippen molar-refractivity contribution in [2.24, 2.45) is 5.92 Å². The monoisotopic (exact) mass is 381 g/mol. The number of hydrogen-bond donors (Lipinski definition) is 3. The summed E-state index contributed by atoms with van der Waals surface area (Å²) in [5.74, 6) is -1.91. The van der Waals surface area contributed by atoms with Crippen molar-refractivity contribution in [2.45, 2.75) is 45.6 Å². The highest BCUT2D eigenvalue weighted by molar-refractivity contribution is 6.27. The summed E-state index contributed by atoms with van der Waals surface area (Å²) in [5.41, 5.74) is 0.965. The lowest BCUT2D eigenvalue weighted by molar-refractivity contribution is -0.159. The van der Waals surface area contributed by atoms with Gasteiger partial charge in [0.25, 0.3) is 0 Å². The molecule has 2 atom stereocenters. The zero-order valence-electron chi connectivity index (χ0n) is 16.1. The maximum Gasteiger partial charge on any atom is 0.414 e. The van der Waals surface area contributed by atoms with Crippen molar-refractivity contribution >= 4 is 11.9 Å². The number of carboxylic acids is 2. The molecule has 7 heteroatoms. The zero-order valence-corrected chi connectivity index (χ0v) is 16.1. The highest BCUT2D eigenvalue weighted by Crippen LogP contribution is 2.20. The lowest BCUT2D eigenvalue weighted by Gasteiger charge is -2.30. The molecule has 1 fully saturated rings. The van der Waals surface area contributed by atoms with Crippen LogP contribution in [-0.2, 0) is 9.59 Å². The van der Waals surface area contributed by atoms with Crippen molar-refractivity contribution in [2.75, 3.05) is 26.2 Å². The van der Waals surface area contributed by atoms with Crippen molar-refractivity contribution in [3.63, 3.8) is 0 Å². The number of ether oxygens (including phenoxy) is 1. The van der Waals surface area contributed by atoms with E-state index in [4.69, 9.17) is 24.5 Å². The molecule has 1 saturated heterocycles. The molecular weight excluding hydrogens is 350 g/mol. The minimum absolute atomic E-state index is 0.361. The fourth-order valence-corrected chi connectivity index (χ4v) is 2.99. The number of aliphatic hydroxyl groups excluding tert-OH is 1. The first-order valence-corrected chi connectivity index (χ1v) is 9.42. The second-order valence-corrected chi connectivity index (χ2v) is 6.85. The molecule has 0 spiro atoms. The van der Waals surface area contributed by atoms with Crippen molar-refractivity contribution in [1.82, 2.24) is 4.90 Å². The molecule has 1 aromatic carbocycles. The molecule has 152 valence electrons. The van der Waals surface area contributed by atoms with Crippen LogP contribution in [0.15, 0.2) is 24.3 Å². The second-order valence-electron chi connectivity index (χ2n) is 6.85. The standard InChI is InChI=1S/C18H29NO2.C2H2O4/c1-3-18(20)16-7-9-17(10-8-16)21-13-5-12-19-11-4-6-15(2)14-19;3-1(4)2(5)6/h7-10,15,18,20H,3-6,11-14H2,1-2H3;(H,3,4)(H,5,6). The van der Waals surface area contributed by atoms with E-state index >= 15 is 0 Å². The third-order valence-corrected chi connectivity index (χ3v) is 4.46. The fourth-order valence-electron chi connectivity index (χ4n) is 2.99. The van der Waals surface area contributed by atoms with E-state index in [-0.39, 0.29) is 6.10 Å². The van der Waals surface area contributed by atoms with Crippen LogP contribution in [0, 0.1) is 5.92 Å². The Bertz CT molecular complexity index is 562. The van der Waals surface area contributed by atoms with E-state index in [1.165, 1.54) is 25.9 Å². The number of nitrogens with zero attached hydrogens (tertiary/aromatic N) is 1. The van der Waals surface area contributed by atoms with Gasteiger partial charge in [-0.3, -0.25) is 0 Å². The number of piperidine rings is 1. The summed E-state index contributed by atoms with van der Waals surface area (Å²) in [6.45, 7) is 8.71. The Labute approximate surface area is 160 Å². The van der Waals surface area contributed by atoms with Crippen molar-refractivity contribution in [3.8, 4) is 5.75 Å². The predicted octanol–water partition coefficient (Wildman–Crippen LogP) is 2.79. The number of rotatable bonds is 7. The van der Waals surface area contributed by atoms with Crippen LogP contribution in [0.1, 0.15) is 51.2 Å². The molecule has 2 unspecified atom stereocenters. The number of hydrogen-bond acceptors (Lipinski definition) is 5. The van der Waals surface area contributed by atoms with Crippen LogP contribution in [-0.4, -0.2) is 58.4 Å². The summed E-state index contributed by atoms with van der Waals surface area (Å²) in [6.07, 6.45) is 4.17. The Kier molecular flexibility index (Phi) is 10.4. The number of aliphatic hydroxyl groups is 1. The molecule has 1 aliphatic rings. The lowest BCUT2D eigenvalue weighted by atomic mass is 10.0. The minimum atomic E-state index is -1.82. The van der Waals surface area contributed by atoms with Gasteiger partial charge in [0.2, 0.25) is 0 Å². The minimum Gasteiger partial charge on any atom is -0.494 e. The van der Waals surface area contributed by atoms with Crippen molar-refractivity contribution in [3.05, 3.63) is 29.8 Å². The van der Waals surface area contributed by atoms with E-state index < -0.39 is 11.9 Å². The first-order chi connectivity index (χ1) is 12.8. The van der Waals surface area contributed by atoms with Gasteiger partial charge in [0.1, 0.15) is 5.75 Å². The summed E-state index contributed by atoms with van der Waals surface area (Å²) in [6, 6.07) is 7.82. The molecule has 27 heavy (non-hydrogen) atoms. The predicted molar refractivity (Wildman–Crippen MR) is 102 cm³/mol. The first-order valence-electron chi connectivity index (χ1n) is 9.42. The first kappa shape index (κ1) is 22.9. The molecular formula is C20H31NO6. The smallest absolute Gasteiger partial charge is 0.414 e. The number of aliphatic carboxylic acids is 2. The summed E-state index contributed by atoms with van der Waals surface area (Å²) in [4.78, 5) is 20.8. The maximum absolute atomic E-state index is 9.75. The molecule has 0 aromatic heterocycles. The van der Waals surface area contributed by atoms with Crippen LogP contribution >= 0.6 is 0 Å². The number of carboxylic acid groups (broad SMARTS) is 2. The van der Waals surface area contributed by atoms with Gasteiger partial charge in [0, 0.05) is 13.1 Å². The maximum atomic E-state index is 9.75. The highest BCUT2D eigenvalue weighted by atomic mass is 16.5. The van der Waals surface area contributed by atoms with Crippen LogP contribution in [0.4, 0.5) is 0 Å². The van der Waals surface area contributed by atoms with Crippen LogP contribution in [0.2, 0.25) is 0 Å². The summed E-state index contributed by atoms with van der Waals surface area (Å²) in [7, 11) is 0. The fraction of sp³-hybridized carbons (Fsp3) is 0.600. The normalized spacial score (nSPS) is 18.1. The molecule has 3 N–H and O–H groups in total. The molecule has 1 aromatic rings. The molecule has 0 bridgehead atoms. The highest BCUT2D eigenvalue weighted by Gasteiger charge is 2.15. The molecule has 2 rings (SSSR count). The van der Waals surface area contributed by atoms with Gasteiger partial charge in [-0.15, -0.1) is 0 Å². The van der Waals surface area contributed by atoms with Crippen LogP contribution in [0.5, 0.6) is 5.75 Å². The zero-order chi connectivity index (χ0) is 20.2. The Hall–Kier alpha value is -2.12. The SMILES string of the molecule is CCC(O)c1ccc(OCCCN2CCCC(C)C2)cc1.O=C(O)C(=O)O. The van der Waals surface area contributed by atoms with Crippen molar-refractivity contribution < 1.29 is 29.6 Å². The van der Waals surface area contributed by atoms with Gasteiger partial charge in [0.05, 0.1) is 12.7 Å². The molecule has 0 amide bonds. The summed E-state index contributed by atoms with van der Waals surface area (Å²) in [5, 5.41) is 24.5. The quantitative estimate of drug-likeness (QED) is 0.492. The van der Waals surface area contributed by atoms with E-state index in [9.17, 15) is 5.11 Å². The Balaban J connectivity index is 0.000000527. The molecule has 7 nitrogen and oxygen atoms in total.